The Morgan fingerprint density at radius 1 is 1.06 bits per heavy atom. The number of halogens is 1. The lowest BCUT2D eigenvalue weighted by Gasteiger charge is -2.26. The average Bonchev–Trinajstić information content (AvgIpc) is 3.17. The lowest BCUT2D eigenvalue weighted by atomic mass is 10.2. The highest BCUT2D eigenvalue weighted by Gasteiger charge is 2.24. The number of nitrogens with zero attached hydrogens (tertiary/aromatic N) is 2. The molecule has 0 atom stereocenters. The van der Waals surface area contributed by atoms with Crippen LogP contribution in [0.1, 0.15) is 6.42 Å². The smallest absolute Gasteiger partial charge is 0.239 e. The number of carbonyl (C=O) groups is 1. The number of para-hydroxylation sites is 1. The first kappa shape index (κ1) is 22.4. The Morgan fingerprint density at radius 2 is 1.78 bits per heavy atom. The van der Waals surface area contributed by atoms with E-state index in [4.69, 9.17) is 4.74 Å². The van der Waals surface area contributed by atoms with Crippen molar-refractivity contribution in [2.45, 2.75) is 22.8 Å². The normalized spacial score (nSPS) is 15.2. The van der Waals surface area contributed by atoms with Gasteiger partial charge in [0.05, 0.1) is 23.0 Å². The fourth-order valence-electron chi connectivity index (χ4n) is 3.86. The Kier molecular flexibility index (Phi) is 6.88. The molecule has 170 valence electrons. The molecule has 2 aromatic carbocycles. The summed E-state index contributed by atoms with van der Waals surface area (Å²) in [7, 11) is -3.87. The fraction of sp³-hybridized carbons (Fsp3) is 0.348. The van der Waals surface area contributed by atoms with E-state index in [-0.39, 0.29) is 22.2 Å². The standard InChI is InChI=1S/C23H26FN3O4S/c24-18-6-8-19(9-7-18)32(29,30)22-16-27(21-5-2-1-4-20(21)22)17-23(28)25-10-3-11-26-12-14-31-15-13-26/h1-2,4-9,16H,3,10-15,17H2,(H,25,28). The number of morpholine rings is 1. The third-order valence-electron chi connectivity index (χ3n) is 5.56. The van der Waals surface area contributed by atoms with E-state index in [1.165, 1.54) is 18.3 Å². The van der Waals surface area contributed by atoms with E-state index in [9.17, 15) is 17.6 Å². The number of ether oxygens (including phenoxy) is 1. The molecule has 0 aliphatic carbocycles. The number of carbonyl (C=O) groups excluding carboxylic acids is 1. The lowest BCUT2D eigenvalue weighted by molar-refractivity contribution is -0.121. The molecule has 1 N–H and O–H groups in total. The predicted molar refractivity (Wildman–Crippen MR) is 119 cm³/mol. The molecule has 1 fully saturated rings. The van der Waals surface area contributed by atoms with E-state index in [1.54, 1.807) is 28.8 Å². The van der Waals surface area contributed by atoms with Crippen LogP contribution in [-0.2, 0) is 25.9 Å². The van der Waals surface area contributed by atoms with Crippen LogP contribution in [0.3, 0.4) is 0 Å². The van der Waals surface area contributed by atoms with E-state index < -0.39 is 15.7 Å². The largest absolute Gasteiger partial charge is 0.379 e. The molecule has 4 rings (SSSR count). The van der Waals surface area contributed by atoms with Gasteiger partial charge < -0.3 is 14.6 Å². The minimum atomic E-state index is -3.87. The summed E-state index contributed by atoms with van der Waals surface area (Å²) in [6.45, 7) is 4.78. The first-order valence-electron chi connectivity index (χ1n) is 10.6. The Labute approximate surface area is 186 Å². The van der Waals surface area contributed by atoms with Crippen LogP contribution < -0.4 is 5.32 Å². The van der Waals surface area contributed by atoms with Gasteiger partial charge in [-0.1, -0.05) is 18.2 Å². The van der Waals surface area contributed by atoms with Gasteiger partial charge in [-0.3, -0.25) is 9.69 Å². The summed E-state index contributed by atoms with van der Waals surface area (Å²) in [6, 6.07) is 11.8. The zero-order valence-electron chi connectivity index (χ0n) is 17.7. The third kappa shape index (κ3) is 5.01. The number of nitrogens with one attached hydrogen (secondary N) is 1. The van der Waals surface area contributed by atoms with E-state index in [0.29, 0.717) is 17.4 Å². The zero-order valence-corrected chi connectivity index (χ0v) is 18.5. The summed E-state index contributed by atoms with van der Waals surface area (Å²) in [5.41, 5.74) is 0.650. The summed E-state index contributed by atoms with van der Waals surface area (Å²) >= 11 is 0. The van der Waals surface area contributed by atoms with Crippen molar-refractivity contribution in [2.24, 2.45) is 0 Å². The van der Waals surface area contributed by atoms with Gasteiger partial charge in [-0.15, -0.1) is 0 Å². The lowest BCUT2D eigenvalue weighted by Crippen LogP contribution is -2.38. The third-order valence-corrected chi connectivity index (χ3v) is 7.35. The highest BCUT2D eigenvalue weighted by molar-refractivity contribution is 7.91. The molecule has 1 aliphatic rings. The van der Waals surface area contributed by atoms with Crippen molar-refractivity contribution in [2.75, 3.05) is 39.4 Å². The minimum absolute atomic E-state index is 0.00867. The van der Waals surface area contributed by atoms with Crippen LogP contribution in [0, 0.1) is 5.82 Å². The first-order valence-corrected chi connectivity index (χ1v) is 12.1. The van der Waals surface area contributed by atoms with E-state index in [2.05, 4.69) is 10.2 Å². The summed E-state index contributed by atoms with van der Waals surface area (Å²) in [5, 5.41) is 3.44. The van der Waals surface area contributed by atoms with E-state index in [1.807, 2.05) is 0 Å². The van der Waals surface area contributed by atoms with Crippen LogP contribution in [0.2, 0.25) is 0 Å². The first-order chi connectivity index (χ1) is 15.4. The van der Waals surface area contributed by atoms with Gasteiger partial charge in [0, 0.05) is 36.7 Å². The molecule has 9 heteroatoms. The van der Waals surface area contributed by atoms with E-state index in [0.717, 1.165) is 51.4 Å². The molecule has 2 heterocycles. The van der Waals surface area contributed by atoms with Gasteiger partial charge in [-0.2, -0.15) is 0 Å². The van der Waals surface area contributed by atoms with Crippen molar-refractivity contribution < 1.29 is 22.3 Å². The molecule has 0 saturated carbocycles. The number of amides is 1. The van der Waals surface area contributed by atoms with Gasteiger partial charge in [0.1, 0.15) is 12.4 Å². The maximum Gasteiger partial charge on any atom is 0.239 e. The number of hydrogen-bond donors (Lipinski definition) is 1. The predicted octanol–water partition coefficient (Wildman–Crippen LogP) is 2.45. The Balaban J connectivity index is 1.46. The summed E-state index contributed by atoms with van der Waals surface area (Å²) in [6.07, 6.45) is 2.32. The molecule has 1 saturated heterocycles. The van der Waals surface area contributed by atoms with Gasteiger partial charge in [0.25, 0.3) is 0 Å². The van der Waals surface area contributed by atoms with Crippen LogP contribution >= 0.6 is 0 Å². The zero-order chi connectivity index (χ0) is 22.6. The van der Waals surface area contributed by atoms with Crippen LogP contribution in [0.4, 0.5) is 4.39 Å². The van der Waals surface area contributed by atoms with Crippen molar-refractivity contribution in [3.05, 3.63) is 60.5 Å². The molecular weight excluding hydrogens is 433 g/mol. The number of fused-ring (bicyclic) bond motifs is 1. The molecule has 1 amide bonds. The quantitative estimate of drug-likeness (QED) is 0.414. The SMILES string of the molecule is O=C(Cn1cc(S(=O)(=O)c2ccc(F)cc2)c2ccccc21)NCCCN1CCOCC1. The van der Waals surface area contributed by atoms with Gasteiger partial charge in [0.2, 0.25) is 15.7 Å². The van der Waals surface area contributed by atoms with E-state index >= 15 is 0 Å². The monoisotopic (exact) mass is 459 g/mol. The Bertz CT molecular complexity index is 1190. The molecule has 0 bridgehead atoms. The maximum atomic E-state index is 13.3. The highest BCUT2D eigenvalue weighted by atomic mass is 32.2. The Hall–Kier alpha value is -2.75. The number of aromatic nitrogens is 1. The topological polar surface area (TPSA) is 80.6 Å². The molecule has 0 spiro atoms. The minimum Gasteiger partial charge on any atom is -0.379 e. The average molecular weight is 460 g/mol. The summed E-state index contributed by atoms with van der Waals surface area (Å²) < 4.78 is 46.6. The van der Waals surface area contributed by atoms with Gasteiger partial charge in [0.15, 0.2) is 0 Å². The van der Waals surface area contributed by atoms with Gasteiger partial charge in [-0.05, 0) is 43.3 Å². The summed E-state index contributed by atoms with van der Waals surface area (Å²) in [4.78, 5) is 14.9. The Morgan fingerprint density at radius 3 is 2.53 bits per heavy atom. The highest BCUT2D eigenvalue weighted by Crippen LogP contribution is 2.30. The van der Waals surface area contributed by atoms with Crippen molar-refractivity contribution in [1.29, 1.82) is 0 Å². The number of benzene rings is 2. The van der Waals surface area contributed by atoms with Crippen molar-refractivity contribution in [1.82, 2.24) is 14.8 Å². The summed E-state index contributed by atoms with van der Waals surface area (Å²) in [5.74, 6) is -0.685. The number of rotatable bonds is 8. The van der Waals surface area contributed by atoms with Crippen molar-refractivity contribution in [3.63, 3.8) is 0 Å². The fourth-order valence-corrected chi connectivity index (χ4v) is 5.34. The molecule has 1 aromatic heterocycles. The molecule has 0 unspecified atom stereocenters. The molecule has 3 aromatic rings. The second-order valence-electron chi connectivity index (χ2n) is 7.75. The van der Waals surface area contributed by atoms with Gasteiger partial charge >= 0.3 is 0 Å². The number of sulfone groups is 1. The number of hydrogen-bond acceptors (Lipinski definition) is 5. The van der Waals surface area contributed by atoms with Crippen LogP contribution in [0.5, 0.6) is 0 Å². The van der Waals surface area contributed by atoms with Crippen LogP contribution in [-0.4, -0.2) is 63.2 Å². The molecule has 7 nitrogen and oxygen atoms in total. The van der Waals surface area contributed by atoms with Crippen molar-refractivity contribution >= 4 is 26.6 Å². The second-order valence-corrected chi connectivity index (χ2v) is 9.67. The van der Waals surface area contributed by atoms with Crippen LogP contribution in [0.15, 0.2) is 64.5 Å². The molecule has 1 aliphatic heterocycles. The second kappa shape index (κ2) is 9.81. The maximum absolute atomic E-state index is 13.3. The molecule has 0 radical (unpaired) electrons. The van der Waals surface area contributed by atoms with Crippen LogP contribution in [0.25, 0.3) is 10.9 Å². The molecule has 32 heavy (non-hydrogen) atoms. The van der Waals surface area contributed by atoms with Gasteiger partial charge in [-0.25, -0.2) is 12.8 Å². The molecular formula is C23H26FN3O4S. The van der Waals surface area contributed by atoms with Crippen molar-refractivity contribution in [3.8, 4) is 0 Å².